The van der Waals surface area contributed by atoms with Gasteiger partial charge in [0.15, 0.2) is 11.6 Å². The van der Waals surface area contributed by atoms with Crippen LogP contribution < -0.4 is 34.5 Å². The number of ether oxygens (including phenoxy) is 3. The van der Waals surface area contributed by atoms with E-state index in [1.54, 1.807) is 4.90 Å². The Kier molecular flexibility index (Phi) is 23.4. The smallest absolute Gasteiger partial charge is 0.350 e. The fourth-order valence-electron chi connectivity index (χ4n) is 10.3. The van der Waals surface area contributed by atoms with Crippen molar-refractivity contribution in [1.82, 2.24) is 15.5 Å². The number of rotatable bonds is 25. The molecule has 14 heteroatoms. The Bertz CT molecular complexity index is 1310. The van der Waals surface area contributed by atoms with Gasteiger partial charge in [0, 0.05) is 38.8 Å². The maximum atomic E-state index is 14.1. The van der Waals surface area contributed by atoms with Crippen LogP contribution in [0, 0.1) is 5.92 Å². The Hall–Kier alpha value is -1.67. The van der Waals surface area contributed by atoms with E-state index < -0.39 is 17.6 Å². The first-order chi connectivity index (χ1) is 27.7. The molecule has 0 aromatic rings. The summed E-state index contributed by atoms with van der Waals surface area (Å²) < 4.78 is 22.1. The van der Waals surface area contributed by atoms with Gasteiger partial charge in [0.25, 0.3) is 0 Å². The lowest BCUT2D eigenvalue weighted by Crippen LogP contribution is -3.00. The largest absolute Gasteiger partial charge is 1.00 e. The molecule has 8 atom stereocenters. The van der Waals surface area contributed by atoms with Crippen LogP contribution in [0.3, 0.4) is 0 Å². The molecule has 2 fully saturated rings. The summed E-state index contributed by atoms with van der Waals surface area (Å²) in [5.41, 5.74) is 10.0. The van der Waals surface area contributed by atoms with Crippen LogP contribution in [0.1, 0.15) is 174 Å². The summed E-state index contributed by atoms with van der Waals surface area (Å²) in [5, 5.41) is 17.8. The van der Waals surface area contributed by atoms with Crippen LogP contribution in [-0.4, -0.2) is 107 Å². The van der Waals surface area contributed by atoms with Gasteiger partial charge in [0.1, 0.15) is 0 Å². The lowest BCUT2D eigenvalue weighted by Gasteiger charge is -2.50. The summed E-state index contributed by atoms with van der Waals surface area (Å²) in [6.07, 6.45) is 29.7. The maximum absolute atomic E-state index is 14.1. The van der Waals surface area contributed by atoms with Crippen molar-refractivity contribution in [3.8, 4) is 0 Å². The molecule has 59 heavy (non-hydrogen) atoms. The Morgan fingerprint density at radius 1 is 0.932 bits per heavy atom. The predicted octanol–water partition coefficient (Wildman–Crippen LogP) is 3.54. The highest BCUT2D eigenvalue weighted by atomic mass is 35.5. The van der Waals surface area contributed by atoms with Crippen molar-refractivity contribution in [1.29, 1.82) is 0 Å². The number of halogens is 2. The Morgan fingerprint density at radius 2 is 1.61 bits per heavy atom. The second-order valence-electron chi connectivity index (χ2n) is 17.9. The molecule has 7 N–H and O–H groups in total. The summed E-state index contributed by atoms with van der Waals surface area (Å²) in [6.45, 7) is 6.73. The quantitative estimate of drug-likeness (QED) is 0.0397. The van der Waals surface area contributed by atoms with Crippen molar-refractivity contribution in [2.75, 3.05) is 32.8 Å². The second-order valence-corrected chi connectivity index (χ2v) is 17.9. The van der Waals surface area contributed by atoms with Crippen LogP contribution in [0.5, 0.6) is 0 Å². The topological polar surface area (TPSA) is 164 Å². The number of hydrogen-bond acceptors (Lipinski definition) is 10. The molecule has 342 valence electrons. The monoisotopic (exact) mass is 873 g/mol. The van der Waals surface area contributed by atoms with Crippen molar-refractivity contribution >= 4 is 30.2 Å². The zero-order valence-electron chi connectivity index (χ0n) is 36.7. The molecule has 5 rings (SSSR count). The van der Waals surface area contributed by atoms with E-state index in [4.69, 9.17) is 25.7 Å². The van der Waals surface area contributed by atoms with Gasteiger partial charge < -0.3 is 48.1 Å². The summed E-state index contributed by atoms with van der Waals surface area (Å²) >= 11 is 0. The van der Waals surface area contributed by atoms with E-state index in [1.165, 1.54) is 57.8 Å². The second kappa shape index (κ2) is 26.7. The third kappa shape index (κ3) is 15.0. The summed E-state index contributed by atoms with van der Waals surface area (Å²) in [4.78, 5) is 28.5. The van der Waals surface area contributed by atoms with Gasteiger partial charge in [-0.1, -0.05) is 89.7 Å². The van der Waals surface area contributed by atoms with Crippen molar-refractivity contribution in [3.05, 3.63) is 12.2 Å². The zero-order chi connectivity index (χ0) is 40.5. The average molecular weight is 874 g/mol. The number of carbonyl (C=O) groups excluding carboxylic acids is 2. The number of aliphatic hydroxyl groups excluding tert-OH is 1. The predicted molar refractivity (Wildman–Crippen MR) is 233 cm³/mol. The number of guanidine groups is 1. The third-order valence-corrected chi connectivity index (χ3v) is 13.3. The first-order valence-electron chi connectivity index (χ1n) is 23.5. The standard InChI is InChI=1S/C45H80N6O6.2ClH/c1-3-38-22-16-17-27-44(57-38)33-36-24-25-39-41(45(28-19-21-35(2)56-45)49-43(48-44)51(36)39)42(54)55-32-18-14-12-10-8-6-4-5-7-9-11-13-15-23-40(53)50(31-20-29-46)34-37(52)26-30-47;;/h16,22,35-39,41,52H,3-15,17-21,23-34,46-47H2,1-2H3,(H,48,49);2*1H/t35-,36+,37+,38+,39+,41+,44+,45+;;/m1../s1. The normalized spacial score (nSPS) is 28.8. The van der Waals surface area contributed by atoms with Gasteiger partial charge in [-0.15, -0.1) is 12.4 Å². The van der Waals surface area contributed by atoms with Crippen LogP contribution in [0.15, 0.2) is 12.2 Å². The third-order valence-electron chi connectivity index (χ3n) is 13.3. The first-order valence-corrected chi connectivity index (χ1v) is 23.5. The molecule has 0 unspecified atom stereocenters. The molecular formula is C45H82Cl2N6O6. The maximum Gasteiger partial charge on any atom is 0.350 e. The zero-order valence-corrected chi connectivity index (χ0v) is 38.2. The van der Waals surface area contributed by atoms with E-state index in [0.29, 0.717) is 51.7 Å². The summed E-state index contributed by atoms with van der Waals surface area (Å²) in [6, 6.07) is 0.391. The number of nitrogens with one attached hydrogen (secondary N) is 2. The van der Waals surface area contributed by atoms with Crippen molar-refractivity contribution in [3.63, 3.8) is 0 Å². The van der Waals surface area contributed by atoms with Gasteiger partial charge in [0.2, 0.25) is 11.6 Å². The van der Waals surface area contributed by atoms with E-state index in [0.717, 1.165) is 95.9 Å². The number of nitrogens with two attached hydrogens (primary N) is 2. The van der Waals surface area contributed by atoms with E-state index in [-0.39, 0.29) is 60.9 Å². The molecule has 0 radical (unpaired) electrons. The van der Waals surface area contributed by atoms with Crippen molar-refractivity contribution in [2.45, 2.75) is 216 Å². The van der Waals surface area contributed by atoms with E-state index >= 15 is 0 Å². The van der Waals surface area contributed by atoms with Gasteiger partial charge in [-0.05, 0) is 84.2 Å². The minimum atomic E-state index is -0.761. The summed E-state index contributed by atoms with van der Waals surface area (Å²) in [5.74, 6) is 0.653. The van der Waals surface area contributed by atoms with Crippen LogP contribution in [-0.2, 0) is 23.8 Å². The summed E-state index contributed by atoms with van der Waals surface area (Å²) in [7, 11) is 0. The Labute approximate surface area is 368 Å². The molecule has 0 aliphatic carbocycles. The lowest BCUT2D eigenvalue weighted by molar-refractivity contribution is -0.609. The van der Waals surface area contributed by atoms with E-state index in [1.807, 2.05) is 0 Å². The fourth-order valence-corrected chi connectivity index (χ4v) is 10.3. The molecule has 0 saturated carbocycles. The molecule has 0 bridgehead atoms. The highest BCUT2D eigenvalue weighted by molar-refractivity contribution is 5.85. The molecule has 1 amide bonds. The van der Waals surface area contributed by atoms with E-state index in [2.05, 4.69) is 41.2 Å². The van der Waals surface area contributed by atoms with E-state index in [9.17, 15) is 14.7 Å². The van der Waals surface area contributed by atoms with Crippen LogP contribution in [0.25, 0.3) is 0 Å². The fraction of sp³-hybridized carbons (Fsp3) is 0.889. The Morgan fingerprint density at radius 3 is 2.25 bits per heavy atom. The van der Waals surface area contributed by atoms with Crippen molar-refractivity contribution < 1.29 is 45.9 Å². The molecule has 0 aromatic carbocycles. The minimum absolute atomic E-state index is 0. The highest BCUT2D eigenvalue weighted by Crippen LogP contribution is 2.45. The minimum Gasteiger partial charge on any atom is -1.00 e. The molecule has 2 saturated heterocycles. The van der Waals surface area contributed by atoms with Gasteiger partial charge in [-0.2, -0.15) is 0 Å². The molecule has 0 aromatic heterocycles. The van der Waals surface area contributed by atoms with Crippen LogP contribution in [0.4, 0.5) is 0 Å². The van der Waals surface area contributed by atoms with Crippen LogP contribution >= 0.6 is 12.4 Å². The number of allylic oxidation sites excluding steroid dienone is 1. The molecule has 2 spiro atoms. The Balaban J connectivity index is 0.00000465. The number of aliphatic hydroxyl groups is 1. The first kappa shape index (κ1) is 51.7. The van der Waals surface area contributed by atoms with Gasteiger partial charge in [-0.3, -0.25) is 14.2 Å². The number of esters is 1. The van der Waals surface area contributed by atoms with Gasteiger partial charge in [-0.25, -0.2) is 10.6 Å². The van der Waals surface area contributed by atoms with Gasteiger partial charge >= 0.3 is 11.9 Å². The molecule has 5 heterocycles. The number of carbonyl (C=O) groups is 2. The van der Waals surface area contributed by atoms with Gasteiger partial charge in [0.05, 0.1) is 37.0 Å². The number of nitrogens with zero attached hydrogens (tertiary/aromatic N) is 2. The number of amides is 1. The average Bonchev–Trinajstić information content (AvgIpc) is 3.49. The SMILES string of the molecule is CC[C@H]1C=CCC[C@@]2(C[C@@H]3CC[C@H]4[C@@H](C(=O)OCCCCCCCCCCCCCCCC(=O)N(CCCN)C[C@@H](O)CCN)[C@@]5(CCC[C@@H](C)O5)NC(=[N+]34)N2)O1.Cl.[Cl-]. The van der Waals surface area contributed by atoms with Crippen molar-refractivity contribution in [2.24, 2.45) is 17.4 Å². The van der Waals surface area contributed by atoms with Crippen LogP contribution in [0.2, 0.25) is 0 Å². The molecular weight excluding hydrogens is 791 g/mol. The highest BCUT2D eigenvalue weighted by Gasteiger charge is 2.64. The number of hydrogen-bond donors (Lipinski definition) is 5. The molecule has 12 nitrogen and oxygen atoms in total. The molecule has 5 aliphatic rings. The lowest BCUT2D eigenvalue weighted by atomic mass is 9.80. The number of unbranched alkanes of at least 4 members (excludes halogenated alkanes) is 12. The molecule has 5 aliphatic heterocycles.